The van der Waals surface area contributed by atoms with Crippen molar-refractivity contribution in [3.8, 4) is 0 Å². The molecule has 1 N–H and O–H groups in total. The first-order valence-electron chi connectivity index (χ1n) is 8.19. The third kappa shape index (κ3) is 3.67. The number of nitrogens with one attached hydrogen (secondary N) is 1. The van der Waals surface area contributed by atoms with Crippen molar-refractivity contribution in [3.05, 3.63) is 29.3 Å². The number of aryl methyl sites for hydroxylation is 1. The smallest absolute Gasteiger partial charge is 0.227 e. The Morgan fingerprint density at radius 1 is 1.32 bits per heavy atom. The number of unbranched alkanes of at least 4 members (excludes halogenated alkanes) is 2. The number of amides is 2. The van der Waals surface area contributed by atoms with Crippen molar-refractivity contribution in [1.29, 1.82) is 0 Å². The van der Waals surface area contributed by atoms with Gasteiger partial charge >= 0.3 is 0 Å². The molecule has 4 heteroatoms. The molecular weight excluding hydrogens is 276 g/mol. The van der Waals surface area contributed by atoms with E-state index in [4.69, 9.17) is 0 Å². The minimum atomic E-state index is -0.228. The number of rotatable bonds is 6. The minimum absolute atomic E-state index is 0.0114. The van der Waals surface area contributed by atoms with Gasteiger partial charge in [0.2, 0.25) is 11.8 Å². The number of benzene rings is 1. The van der Waals surface area contributed by atoms with Crippen molar-refractivity contribution in [2.45, 2.75) is 46.5 Å². The van der Waals surface area contributed by atoms with Crippen LogP contribution in [0, 0.1) is 19.8 Å². The summed E-state index contributed by atoms with van der Waals surface area (Å²) in [5.74, 6) is -0.172. The van der Waals surface area contributed by atoms with Crippen LogP contribution in [0.2, 0.25) is 0 Å². The van der Waals surface area contributed by atoms with Crippen LogP contribution >= 0.6 is 0 Å². The molecule has 0 spiro atoms. The van der Waals surface area contributed by atoms with Crippen LogP contribution < -0.4 is 10.2 Å². The Kier molecular flexibility index (Phi) is 5.58. The van der Waals surface area contributed by atoms with Crippen LogP contribution in [0.4, 0.5) is 5.69 Å². The van der Waals surface area contributed by atoms with Crippen LogP contribution in [-0.4, -0.2) is 24.9 Å². The molecule has 1 aliphatic rings. The van der Waals surface area contributed by atoms with E-state index in [-0.39, 0.29) is 17.7 Å². The van der Waals surface area contributed by atoms with E-state index < -0.39 is 0 Å². The average Bonchev–Trinajstić information content (AvgIpc) is 2.88. The summed E-state index contributed by atoms with van der Waals surface area (Å²) in [6, 6.07) is 5.96. The lowest BCUT2D eigenvalue weighted by Crippen LogP contribution is -2.33. The largest absolute Gasteiger partial charge is 0.356 e. The van der Waals surface area contributed by atoms with E-state index >= 15 is 0 Å². The second-order valence-electron chi connectivity index (χ2n) is 6.12. The highest BCUT2D eigenvalue weighted by Gasteiger charge is 2.35. The summed E-state index contributed by atoms with van der Waals surface area (Å²) in [4.78, 5) is 26.2. The Morgan fingerprint density at radius 2 is 2.09 bits per heavy atom. The van der Waals surface area contributed by atoms with Crippen LogP contribution in [0.3, 0.4) is 0 Å². The Labute approximate surface area is 132 Å². The summed E-state index contributed by atoms with van der Waals surface area (Å²) in [6.07, 6.45) is 3.58. The molecule has 2 amide bonds. The number of hydrogen-bond acceptors (Lipinski definition) is 2. The second-order valence-corrected chi connectivity index (χ2v) is 6.12. The first-order chi connectivity index (χ1) is 10.5. The molecule has 0 aliphatic carbocycles. The maximum atomic E-state index is 12.3. The van der Waals surface area contributed by atoms with Gasteiger partial charge in [-0.15, -0.1) is 0 Å². The second kappa shape index (κ2) is 7.43. The molecule has 1 unspecified atom stereocenters. The van der Waals surface area contributed by atoms with E-state index in [1.165, 1.54) is 0 Å². The molecule has 0 saturated carbocycles. The monoisotopic (exact) mass is 302 g/mol. The highest BCUT2D eigenvalue weighted by molar-refractivity contribution is 6.00. The summed E-state index contributed by atoms with van der Waals surface area (Å²) >= 11 is 0. The van der Waals surface area contributed by atoms with Gasteiger partial charge in [0.05, 0.1) is 5.92 Å². The maximum Gasteiger partial charge on any atom is 0.227 e. The van der Waals surface area contributed by atoms with E-state index in [1.807, 2.05) is 32.0 Å². The fourth-order valence-electron chi connectivity index (χ4n) is 2.87. The van der Waals surface area contributed by atoms with Gasteiger partial charge < -0.3 is 10.2 Å². The van der Waals surface area contributed by atoms with Crippen LogP contribution in [0.25, 0.3) is 0 Å². The van der Waals surface area contributed by atoms with Gasteiger partial charge in [-0.25, -0.2) is 0 Å². The highest BCUT2D eigenvalue weighted by atomic mass is 16.2. The standard InChI is InChI=1S/C18H26N2O2/c1-4-5-6-10-19-18(22)15-11-17(21)20(12-15)16-9-7-8-13(2)14(16)3/h7-9,15H,4-6,10-12H2,1-3H3,(H,19,22). The van der Waals surface area contributed by atoms with E-state index in [0.717, 1.165) is 36.1 Å². The van der Waals surface area contributed by atoms with Crippen molar-refractivity contribution in [1.82, 2.24) is 5.32 Å². The molecule has 120 valence electrons. The molecule has 1 aromatic carbocycles. The Hall–Kier alpha value is -1.84. The van der Waals surface area contributed by atoms with E-state index in [1.54, 1.807) is 4.90 Å². The van der Waals surface area contributed by atoms with Gasteiger partial charge in [-0.1, -0.05) is 31.9 Å². The van der Waals surface area contributed by atoms with Gasteiger partial charge in [0.1, 0.15) is 0 Å². The van der Waals surface area contributed by atoms with Crippen molar-refractivity contribution in [2.24, 2.45) is 5.92 Å². The highest BCUT2D eigenvalue weighted by Crippen LogP contribution is 2.29. The molecule has 1 heterocycles. The molecule has 4 nitrogen and oxygen atoms in total. The molecular formula is C18H26N2O2. The Balaban J connectivity index is 1.98. The molecule has 0 radical (unpaired) electrons. The topological polar surface area (TPSA) is 49.4 Å². The third-order valence-electron chi connectivity index (χ3n) is 4.44. The van der Waals surface area contributed by atoms with Crippen LogP contribution in [-0.2, 0) is 9.59 Å². The Bertz CT molecular complexity index is 554. The van der Waals surface area contributed by atoms with Gasteiger partial charge in [0.15, 0.2) is 0 Å². The molecule has 1 fully saturated rings. The van der Waals surface area contributed by atoms with Crippen LogP contribution in [0.1, 0.15) is 43.7 Å². The quantitative estimate of drug-likeness (QED) is 0.821. The fourth-order valence-corrected chi connectivity index (χ4v) is 2.87. The molecule has 0 bridgehead atoms. The summed E-state index contributed by atoms with van der Waals surface area (Å²) in [5, 5.41) is 2.96. The maximum absolute atomic E-state index is 12.3. The predicted octanol–water partition coefficient (Wildman–Crippen LogP) is 2.96. The molecule has 0 aromatic heterocycles. The summed E-state index contributed by atoms with van der Waals surface area (Å²) in [6.45, 7) is 7.40. The zero-order valence-electron chi connectivity index (χ0n) is 13.8. The van der Waals surface area contributed by atoms with Gasteiger partial charge in [-0.3, -0.25) is 9.59 Å². The van der Waals surface area contributed by atoms with Crippen LogP contribution in [0.5, 0.6) is 0 Å². The van der Waals surface area contributed by atoms with Gasteiger partial charge in [0.25, 0.3) is 0 Å². The zero-order valence-corrected chi connectivity index (χ0v) is 13.8. The van der Waals surface area contributed by atoms with Crippen LogP contribution in [0.15, 0.2) is 18.2 Å². The van der Waals surface area contributed by atoms with Crippen molar-refractivity contribution in [2.75, 3.05) is 18.0 Å². The third-order valence-corrected chi connectivity index (χ3v) is 4.44. The van der Waals surface area contributed by atoms with Gasteiger partial charge in [-0.05, 0) is 37.5 Å². The fraction of sp³-hybridized carbons (Fsp3) is 0.556. The summed E-state index contributed by atoms with van der Waals surface area (Å²) < 4.78 is 0. The van der Waals surface area contributed by atoms with E-state index in [9.17, 15) is 9.59 Å². The molecule has 1 saturated heterocycles. The van der Waals surface area contributed by atoms with Crippen molar-refractivity contribution in [3.63, 3.8) is 0 Å². The number of carbonyl (C=O) groups is 2. The molecule has 22 heavy (non-hydrogen) atoms. The lowest BCUT2D eigenvalue weighted by atomic mass is 10.1. The number of anilines is 1. The molecule has 1 aliphatic heterocycles. The first-order valence-corrected chi connectivity index (χ1v) is 8.19. The van der Waals surface area contributed by atoms with E-state index in [2.05, 4.69) is 12.2 Å². The Morgan fingerprint density at radius 3 is 2.82 bits per heavy atom. The SMILES string of the molecule is CCCCCNC(=O)C1CC(=O)N(c2cccc(C)c2C)C1. The zero-order chi connectivity index (χ0) is 16.1. The number of carbonyl (C=O) groups excluding carboxylic acids is 2. The number of hydrogen-bond donors (Lipinski definition) is 1. The minimum Gasteiger partial charge on any atom is -0.356 e. The van der Waals surface area contributed by atoms with Crippen molar-refractivity contribution >= 4 is 17.5 Å². The molecule has 1 aromatic rings. The average molecular weight is 302 g/mol. The van der Waals surface area contributed by atoms with Gasteiger partial charge in [0, 0.05) is 25.2 Å². The normalized spacial score (nSPS) is 17.9. The summed E-state index contributed by atoms with van der Waals surface area (Å²) in [5.41, 5.74) is 3.21. The number of nitrogens with zero attached hydrogens (tertiary/aromatic N) is 1. The molecule has 1 atom stereocenters. The van der Waals surface area contributed by atoms with Gasteiger partial charge in [-0.2, -0.15) is 0 Å². The first kappa shape index (κ1) is 16.5. The summed E-state index contributed by atoms with van der Waals surface area (Å²) in [7, 11) is 0. The lowest BCUT2D eigenvalue weighted by molar-refractivity contribution is -0.126. The molecule has 2 rings (SSSR count). The predicted molar refractivity (Wildman–Crippen MR) is 88.9 cm³/mol. The van der Waals surface area contributed by atoms with E-state index in [0.29, 0.717) is 19.5 Å². The van der Waals surface area contributed by atoms with Crippen molar-refractivity contribution < 1.29 is 9.59 Å². The lowest BCUT2D eigenvalue weighted by Gasteiger charge is -2.20.